The second kappa shape index (κ2) is 10.8. The number of rotatable bonds is 4. The number of ether oxygens (including phenoxy) is 1. The number of nitrogens with zero attached hydrogens (tertiary/aromatic N) is 4. The molecule has 0 aliphatic carbocycles. The lowest BCUT2D eigenvalue weighted by Gasteiger charge is -2.40. The average Bonchev–Trinajstić information content (AvgIpc) is 2.88. The van der Waals surface area contributed by atoms with Crippen LogP contribution in [0.25, 0.3) is 0 Å². The van der Waals surface area contributed by atoms with Gasteiger partial charge in [0.1, 0.15) is 5.82 Å². The lowest BCUT2D eigenvalue weighted by molar-refractivity contribution is -0.0835. The minimum Gasteiger partial charge on any atom is -0.377 e. The predicted octanol–water partition coefficient (Wildman–Crippen LogP) is 3.13. The molecule has 7 nitrogen and oxygen atoms in total. The summed E-state index contributed by atoms with van der Waals surface area (Å²) in [6, 6.07) is 0. The molecule has 3 rings (SSSR count). The van der Waals surface area contributed by atoms with Gasteiger partial charge >= 0.3 is 0 Å². The number of aryl methyl sites for hydroxylation is 1. The Labute approximate surface area is 186 Å². The van der Waals surface area contributed by atoms with Gasteiger partial charge in [-0.2, -0.15) is 0 Å². The van der Waals surface area contributed by atoms with E-state index >= 15 is 0 Å². The van der Waals surface area contributed by atoms with E-state index in [4.69, 9.17) is 4.74 Å². The van der Waals surface area contributed by atoms with Crippen LogP contribution in [-0.4, -0.2) is 47.0 Å². The van der Waals surface area contributed by atoms with Crippen molar-refractivity contribution >= 4 is 29.9 Å². The molecule has 0 aromatic carbocycles. The summed E-state index contributed by atoms with van der Waals surface area (Å²) < 4.78 is 8.37. The van der Waals surface area contributed by atoms with Crippen molar-refractivity contribution in [3.05, 3.63) is 11.6 Å². The minimum absolute atomic E-state index is 0. The van der Waals surface area contributed by atoms with E-state index in [0.29, 0.717) is 12.5 Å². The second-order valence-electron chi connectivity index (χ2n) is 8.86. The zero-order chi connectivity index (χ0) is 19.3. The van der Waals surface area contributed by atoms with Crippen LogP contribution in [0, 0.1) is 11.3 Å². The van der Waals surface area contributed by atoms with E-state index in [2.05, 4.69) is 51.2 Å². The summed E-state index contributed by atoms with van der Waals surface area (Å²) in [5.41, 5.74) is 0.156. The topological polar surface area (TPSA) is 76.4 Å². The van der Waals surface area contributed by atoms with Crippen LogP contribution in [0.1, 0.15) is 64.5 Å². The van der Waals surface area contributed by atoms with Gasteiger partial charge in [0, 0.05) is 39.1 Å². The highest BCUT2D eigenvalue weighted by molar-refractivity contribution is 14.0. The number of aromatic nitrogens is 3. The number of halogens is 1. The van der Waals surface area contributed by atoms with Gasteiger partial charge in [-0.15, -0.1) is 34.2 Å². The molecule has 2 atom stereocenters. The van der Waals surface area contributed by atoms with Gasteiger partial charge in [-0.05, 0) is 31.1 Å². The molecule has 2 aliphatic rings. The van der Waals surface area contributed by atoms with Gasteiger partial charge in [0.25, 0.3) is 0 Å². The minimum atomic E-state index is 0. The molecule has 1 fully saturated rings. The Balaban J connectivity index is 0.00000280. The van der Waals surface area contributed by atoms with Crippen molar-refractivity contribution in [2.75, 3.05) is 20.2 Å². The van der Waals surface area contributed by atoms with Gasteiger partial charge in [-0.1, -0.05) is 27.2 Å². The van der Waals surface area contributed by atoms with Crippen LogP contribution in [0.3, 0.4) is 0 Å². The van der Waals surface area contributed by atoms with Crippen molar-refractivity contribution in [2.45, 2.75) is 78.5 Å². The van der Waals surface area contributed by atoms with Gasteiger partial charge in [0.15, 0.2) is 11.8 Å². The Morgan fingerprint density at radius 3 is 2.75 bits per heavy atom. The molecule has 1 saturated heterocycles. The Morgan fingerprint density at radius 1 is 1.18 bits per heavy atom. The van der Waals surface area contributed by atoms with E-state index in [1.54, 1.807) is 0 Å². The van der Waals surface area contributed by atoms with Crippen LogP contribution in [0.5, 0.6) is 0 Å². The number of hydrogen-bond donors (Lipinski definition) is 2. The molecule has 0 spiro atoms. The molecular formula is C20H37IN6O. The maximum absolute atomic E-state index is 6.09. The highest BCUT2D eigenvalue weighted by Gasteiger charge is 2.35. The molecule has 2 N–H and O–H groups in total. The van der Waals surface area contributed by atoms with Gasteiger partial charge < -0.3 is 19.9 Å². The molecule has 0 bridgehead atoms. The Kier molecular flexibility index (Phi) is 8.98. The molecule has 160 valence electrons. The zero-order valence-electron chi connectivity index (χ0n) is 17.8. The smallest absolute Gasteiger partial charge is 0.191 e. The van der Waals surface area contributed by atoms with E-state index in [1.807, 2.05) is 7.05 Å². The van der Waals surface area contributed by atoms with Crippen LogP contribution in [0.2, 0.25) is 0 Å². The highest BCUT2D eigenvalue weighted by atomic mass is 127. The zero-order valence-corrected chi connectivity index (χ0v) is 20.2. The highest BCUT2D eigenvalue weighted by Crippen LogP contribution is 2.33. The number of nitrogens with one attached hydrogen (secondary N) is 2. The Hall–Kier alpha value is -0.900. The van der Waals surface area contributed by atoms with Crippen molar-refractivity contribution in [1.29, 1.82) is 0 Å². The monoisotopic (exact) mass is 504 g/mol. The van der Waals surface area contributed by atoms with E-state index in [-0.39, 0.29) is 35.5 Å². The van der Waals surface area contributed by atoms with Crippen LogP contribution < -0.4 is 10.6 Å². The maximum Gasteiger partial charge on any atom is 0.191 e. The number of aliphatic imine (C=N–C) groups is 1. The Bertz CT molecular complexity index is 639. The van der Waals surface area contributed by atoms with E-state index < -0.39 is 0 Å². The lowest BCUT2D eigenvalue weighted by atomic mass is 9.78. The van der Waals surface area contributed by atoms with Crippen molar-refractivity contribution in [3.8, 4) is 0 Å². The van der Waals surface area contributed by atoms with Crippen LogP contribution >= 0.6 is 24.0 Å². The fourth-order valence-electron chi connectivity index (χ4n) is 4.30. The Morgan fingerprint density at radius 2 is 2.00 bits per heavy atom. The molecular weight excluding hydrogens is 467 g/mol. The van der Waals surface area contributed by atoms with Crippen molar-refractivity contribution in [2.24, 2.45) is 16.3 Å². The summed E-state index contributed by atoms with van der Waals surface area (Å²) >= 11 is 0. The molecule has 2 aliphatic heterocycles. The summed E-state index contributed by atoms with van der Waals surface area (Å²) in [5.74, 6) is 3.45. The van der Waals surface area contributed by atoms with E-state index in [0.717, 1.165) is 50.1 Å². The summed E-state index contributed by atoms with van der Waals surface area (Å²) in [7, 11) is 1.82. The summed E-state index contributed by atoms with van der Waals surface area (Å²) in [6.07, 6.45) is 7.35. The molecule has 8 heteroatoms. The molecule has 0 radical (unpaired) electrons. The van der Waals surface area contributed by atoms with Crippen LogP contribution in [0.4, 0.5) is 0 Å². The first-order chi connectivity index (χ1) is 13.0. The third kappa shape index (κ3) is 6.05. The van der Waals surface area contributed by atoms with E-state index in [1.165, 1.54) is 25.7 Å². The molecule has 1 aromatic heterocycles. The second-order valence-corrected chi connectivity index (χ2v) is 8.86. The molecule has 0 amide bonds. The van der Waals surface area contributed by atoms with Gasteiger partial charge in [-0.3, -0.25) is 4.99 Å². The third-order valence-electron chi connectivity index (χ3n) is 5.65. The number of guanidine groups is 1. The van der Waals surface area contributed by atoms with Crippen LogP contribution in [-0.2, 0) is 24.2 Å². The number of fused-ring (bicyclic) bond motifs is 1. The first-order valence-electron chi connectivity index (χ1n) is 10.5. The molecule has 3 heterocycles. The summed E-state index contributed by atoms with van der Waals surface area (Å²) in [4.78, 5) is 4.39. The van der Waals surface area contributed by atoms with Crippen molar-refractivity contribution in [1.82, 2.24) is 25.4 Å². The average molecular weight is 504 g/mol. The van der Waals surface area contributed by atoms with Gasteiger partial charge in [0.2, 0.25) is 0 Å². The standard InChI is InChI=1S/C20H36N6O.HI/c1-20(2,3)18-15(9-8-12-27-18)13-22-19(21-4)23-14-17-25-24-16-10-6-5-7-11-26(16)17;/h15,18H,5-14H2,1-4H3,(H2,21,22,23);1H. The summed E-state index contributed by atoms with van der Waals surface area (Å²) in [6.45, 7) is 10.2. The first-order valence-corrected chi connectivity index (χ1v) is 10.5. The van der Waals surface area contributed by atoms with Crippen LogP contribution in [0.15, 0.2) is 4.99 Å². The normalized spacial score (nSPS) is 23.4. The molecule has 2 unspecified atom stereocenters. The maximum atomic E-state index is 6.09. The fourth-order valence-corrected chi connectivity index (χ4v) is 4.30. The molecule has 0 saturated carbocycles. The molecule has 28 heavy (non-hydrogen) atoms. The van der Waals surface area contributed by atoms with Gasteiger partial charge in [-0.25, -0.2) is 0 Å². The number of hydrogen-bond acceptors (Lipinski definition) is 4. The fraction of sp³-hybridized carbons (Fsp3) is 0.850. The van der Waals surface area contributed by atoms with Gasteiger partial charge in [0.05, 0.1) is 12.6 Å². The quantitative estimate of drug-likeness (QED) is 0.375. The van der Waals surface area contributed by atoms with Crippen molar-refractivity contribution in [3.63, 3.8) is 0 Å². The first kappa shape index (κ1) is 23.4. The largest absolute Gasteiger partial charge is 0.377 e. The van der Waals surface area contributed by atoms with Crippen molar-refractivity contribution < 1.29 is 4.74 Å². The molecule has 1 aromatic rings. The predicted molar refractivity (Wildman–Crippen MR) is 123 cm³/mol. The van der Waals surface area contributed by atoms with E-state index in [9.17, 15) is 0 Å². The lowest BCUT2D eigenvalue weighted by Crippen LogP contribution is -2.47. The summed E-state index contributed by atoms with van der Waals surface area (Å²) in [5, 5.41) is 15.7. The SMILES string of the molecule is CN=C(NCc1nnc2n1CCCCC2)NCC1CCCOC1C(C)(C)C.I. The third-order valence-corrected chi connectivity index (χ3v) is 5.65.